The second-order valence-electron chi connectivity index (χ2n) is 4.97. The summed E-state index contributed by atoms with van der Waals surface area (Å²) in [6.45, 7) is 2.16. The van der Waals surface area contributed by atoms with Crippen LogP contribution in [0.25, 0.3) is 10.1 Å². The zero-order valence-corrected chi connectivity index (χ0v) is 12.9. The fraction of sp³-hybridized carbons (Fsp3) is 0.312. The molecule has 0 radical (unpaired) electrons. The van der Waals surface area contributed by atoms with Gasteiger partial charge < -0.3 is 5.32 Å². The zero-order chi connectivity index (χ0) is 14.1. The van der Waals surface area contributed by atoms with Crippen LogP contribution in [0, 0.1) is 0 Å². The summed E-state index contributed by atoms with van der Waals surface area (Å²) in [7, 11) is 4.00. The molecule has 2 heterocycles. The molecule has 3 aromatic rings. The number of hydrogen-bond acceptors (Lipinski definition) is 3. The highest BCUT2D eigenvalue weighted by Gasteiger charge is 2.20. The van der Waals surface area contributed by atoms with E-state index < -0.39 is 0 Å². The highest BCUT2D eigenvalue weighted by Crippen LogP contribution is 2.33. The molecule has 4 heteroatoms. The maximum Gasteiger partial charge on any atom is 0.0673 e. The smallest absolute Gasteiger partial charge is 0.0673 e. The Labute approximate surface area is 123 Å². The molecule has 3 rings (SSSR count). The van der Waals surface area contributed by atoms with Crippen LogP contribution in [0.5, 0.6) is 0 Å². The van der Waals surface area contributed by atoms with Crippen LogP contribution in [0.3, 0.4) is 0 Å². The number of thiophene rings is 1. The first-order valence-corrected chi connectivity index (χ1v) is 7.78. The maximum absolute atomic E-state index is 4.57. The molecule has 0 bridgehead atoms. The van der Waals surface area contributed by atoms with Crippen LogP contribution in [-0.4, -0.2) is 16.8 Å². The van der Waals surface area contributed by atoms with Crippen LogP contribution in [0.2, 0.25) is 0 Å². The molecule has 0 aliphatic heterocycles. The van der Waals surface area contributed by atoms with Gasteiger partial charge >= 0.3 is 0 Å². The second kappa shape index (κ2) is 5.38. The van der Waals surface area contributed by atoms with E-state index in [1.165, 1.54) is 26.9 Å². The molecular formula is C16H19N3S. The standard InChI is InChI=1S/C16H19N3S/c1-4-14-13(10-19(3)18-14)15(17-2)12-7-5-6-11-8-9-20-16(11)12/h5-10,15,17H,4H2,1-3H3. The van der Waals surface area contributed by atoms with Gasteiger partial charge in [-0.1, -0.05) is 25.1 Å². The number of nitrogens with one attached hydrogen (secondary N) is 1. The minimum absolute atomic E-state index is 0.195. The second-order valence-corrected chi connectivity index (χ2v) is 5.88. The molecule has 0 saturated heterocycles. The van der Waals surface area contributed by atoms with E-state index in [9.17, 15) is 0 Å². The molecule has 2 aromatic heterocycles. The van der Waals surface area contributed by atoms with Gasteiger partial charge in [-0.3, -0.25) is 4.68 Å². The van der Waals surface area contributed by atoms with E-state index in [1.807, 2.05) is 18.8 Å². The van der Waals surface area contributed by atoms with Crippen molar-refractivity contribution in [1.82, 2.24) is 15.1 Å². The quantitative estimate of drug-likeness (QED) is 0.795. The number of nitrogens with zero attached hydrogens (tertiary/aromatic N) is 2. The van der Waals surface area contributed by atoms with Crippen LogP contribution in [0.1, 0.15) is 29.8 Å². The van der Waals surface area contributed by atoms with E-state index >= 15 is 0 Å². The van der Waals surface area contributed by atoms with Gasteiger partial charge in [0.2, 0.25) is 0 Å². The van der Waals surface area contributed by atoms with Gasteiger partial charge in [-0.05, 0) is 35.9 Å². The van der Waals surface area contributed by atoms with Gasteiger partial charge in [-0.15, -0.1) is 11.3 Å². The van der Waals surface area contributed by atoms with Crippen LogP contribution in [0.4, 0.5) is 0 Å². The molecule has 0 fully saturated rings. The van der Waals surface area contributed by atoms with Crippen molar-refractivity contribution < 1.29 is 0 Å². The number of rotatable bonds is 4. The van der Waals surface area contributed by atoms with Crippen LogP contribution in [-0.2, 0) is 13.5 Å². The van der Waals surface area contributed by atoms with Crippen molar-refractivity contribution in [2.45, 2.75) is 19.4 Å². The Balaban J connectivity index is 2.16. The topological polar surface area (TPSA) is 29.9 Å². The first-order chi connectivity index (χ1) is 9.74. The molecule has 1 unspecified atom stereocenters. The molecule has 3 nitrogen and oxygen atoms in total. The third-order valence-electron chi connectivity index (χ3n) is 3.69. The summed E-state index contributed by atoms with van der Waals surface area (Å²) in [5.41, 5.74) is 3.78. The normalized spacial score (nSPS) is 12.9. The molecule has 104 valence electrons. The summed E-state index contributed by atoms with van der Waals surface area (Å²) in [5, 5.41) is 11.5. The average molecular weight is 285 g/mol. The summed E-state index contributed by atoms with van der Waals surface area (Å²) in [5.74, 6) is 0. The molecule has 0 spiro atoms. The minimum Gasteiger partial charge on any atom is -0.309 e. The lowest BCUT2D eigenvalue weighted by atomic mass is 9.97. The minimum atomic E-state index is 0.195. The first-order valence-electron chi connectivity index (χ1n) is 6.90. The van der Waals surface area contributed by atoms with Crippen molar-refractivity contribution in [1.29, 1.82) is 0 Å². The number of hydrogen-bond donors (Lipinski definition) is 1. The third-order valence-corrected chi connectivity index (χ3v) is 4.67. The highest BCUT2D eigenvalue weighted by atomic mass is 32.1. The van der Waals surface area contributed by atoms with Crippen molar-refractivity contribution >= 4 is 21.4 Å². The Hall–Kier alpha value is -1.65. The van der Waals surface area contributed by atoms with E-state index in [0.717, 1.165) is 6.42 Å². The lowest BCUT2D eigenvalue weighted by Gasteiger charge is -2.17. The van der Waals surface area contributed by atoms with Crippen molar-refractivity contribution in [2.75, 3.05) is 7.05 Å². The van der Waals surface area contributed by atoms with Crippen molar-refractivity contribution in [3.8, 4) is 0 Å². The SMILES string of the molecule is CCc1nn(C)cc1C(NC)c1cccc2ccsc12. The zero-order valence-electron chi connectivity index (χ0n) is 12.1. The van der Waals surface area contributed by atoms with Gasteiger partial charge in [0.05, 0.1) is 11.7 Å². The summed E-state index contributed by atoms with van der Waals surface area (Å²) >= 11 is 1.81. The Morgan fingerprint density at radius 1 is 1.30 bits per heavy atom. The maximum atomic E-state index is 4.57. The number of fused-ring (bicyclic) bond motifs is 1. The van der Waals surface area contributed by atoms with E-state index in [4.69, 9.17) is 0 Å². The summed E-state index contributed by atoms with van der Waals surface area (Å²) in [6.07, 6.45) is 3.08. The van der Waals surface area contributed by atoms with Gasteiger partial charge in [0.15, 0.2) is 0 Å². The van der Waals surface area contributed by atoms with Gasteiger partial charge in [0.1, 0.15) is 0 Å². The average Bonchev–Trinajstić information content (AvgIpc) is 3.06. The largest absolute Gasteiger partial charge is 0.309 e. The number of aryl methyl sites for hydroxylation is 2. The molecule has 0 amide bonds. The summed E-state index contributed by atoms with van der Waals surface area (Å²) in [6, 6.07) is 8.90. The van der Waals surface area contributed by atoms with Gasteiger partial charge in [0, 0.05) is 23.5 Å². The lowest BCUT2D eigenvalue weighted by Crippen LogP contribution is -2.18. The van der Waals surface area contributed by atoms with Crippen LogP contribution < -0.4 is 5.32 Å². The summed E-state index contributed by atoms with van der Waals surface area (Å²) in [4.78, 5) is 0. The van der Waals surface area contributed by atoms with Gasteiger partial charge in [-0.25, -0.2) is 0 Å². The lowest BCUT2D eigenvalue weighted by molar-refractivity contribution is 0.689. The molecule has 0 aliphatic carbocycles. The Kier molecular flexibility index (Phi) is 3.59. The molecule has 20 heavy (non-hydrogen) atoms. The van der Waals surface area contributed by atoms with E-state index in [1.54, 1.807) is 11.3 Å². The molecule has 1 aromatic carbocycles. The van der Waals surface area contributed by atoms with E-state index in [-0.39, 0.29) is 6.04 Å². The fourth-order valence-electron chi connectivity index (χ4n) is 2.79. The van der Waals surface area contributed by atoms with Crippen molar-refractivity contribution in [2.24, 2.45) is 7.05 Å². The summed E-state index contributed by atoms with van der Waals surface area (Å²) < 4.78 is 3.27. The highest BCUT2D eigenvalue weighted by molar-refractivity contribution is 7.17. The van der Waals surface area contributed by atoms with Gasteiger partial charge in [0.25, 0.3) is 0 Å². The molecule has 0 aliphatic rings. The van der Waals surface area contributed by atoms with E-state index in [0.29, 0.717) is 0 Å². The predicted octanol–water partition coefficient (Wildman–Crippen LogP) is 3.51. The third kappa shape index (κ3) is 2.15. The molecule has 1 atom stereocenters. The van der Waals surface area contributed by atoms with Crippen molar-refractivity contribution in [3.63, 3.8) is 0 Å². The fourth-order valence-corrected chi connectivity index (χ4v) is 3.74. The molecule has 0 saturated carbocycles. The Morgan fingerprint density at radius 2 is 2.15 bits per heavy atom. The van der Waals surface area contributed by atoms with Crippen LogP contribution in [0.15, 0.2) is 35.8 Å². The Morgan fingerprint density at radius 3 is 2.90 bits per heavy atom. The number of benzene rings is 1. The number of aromatic nitrogens is 2. The van der Waals surface area contributed by atoms with Crippen molar-refractivity contribution in [3.05, 3.63) is 52.7 Å². The predicted molar refractivity (Wildman–Crippen MR) is 85.3 cm³/mol. The first kappa shape index (κ1) is 13.3. The molecular weight excluding hydrogens is 266 g/mol. The Bertz CT molecular complexity index is 726. The monoisotopic (exact) mass is 285 g/mol. The van der Waals surface area contributed by atoms with Crippen LogP contribution >= 0.6 is 11.3 Å². The molecule has 1 N–H and O–H groups in total. The van der Waals surface area contributed by atoms with E-state index in [2.05, 4.69) is 53.2 Å². The van der Waals surface area contributed by atoms with Gasteiger partial charge in [-0.2, -0.15) is 5.10 Å².